The highest BCUT2D eigenvalue weighted by atomic mass is 16.8. The Hall–Kier alpha value is -0.950. The van der Waals surface area contributed by atoms with E-state index in [9.17, 15) is 0 Å². The summed E-state index contributed by atoms with van der Waals surface area (Å²) in [6, 6.07) is 0. The molecule has 2 heterocycles. The first-order chi connectivity index (χ1) is 8.93. The summed E-state index contributed by atoms with van der Waals surface area (Å²) in [5.41, 5.74) is 1.17. The summed E-state index contributed by atoms with van der Waals surface area (Å²) in [5, 5.41) is 11.7. The molecule has 2 aliphatic rings. The van der Waals surface area contributed by atoms with Crippen molar-refractivity contribution in [2.45, 2.75) is 58.1 Å². The molecule has 108 valence electrons. The molecule has 0 bridgehead atoms. The lowest BCUT2D eigenvalue weighted by Crippen LogP contribution is -2.37. The third kappa shape index (κ3) is 3.33. The summed E-state index contributed by atoms with van der Waals surface area (Å²) in [6.45, 7) is 8.12. The fraction of sp³-hybridized carbons (Fsp3) is 0.769. The van der Waals surface area contributed by atoms with Gasteiger partial charge in [0, 0.05) is 0 Å². The Labute approximate surface area is 113 Å². The Morgan fingerprint density at radius 3 is 2.74 bits per heavy atom. The smallest absolute Gasteiger partial charge is 0.190 e. The van der Waals surface area contributed by atoms with Gasteiger partial charge >= 0.3 is 0 Å². The van der Waals surface area contributed by atoms with E-state index in [4.69, 9.17) is 24.2 Å². The molecule has 0 radical (unpaired) electrons. The fourth-order valence-corrected chi connectivity index (χ4v) is 2.21. The molecule has 1 N–H and O–H groups in total. The molecular formula is C13H21NO5. The zero-order valence-corrected chi connectivity index (χ0v) is 11.7. The van der Waals surface area contributed by atoms with Gasteiger partial charge in [-0.25, -0.2) is 0 Å². The molecular weight excluding hydrogens is 250 g/mol. The number of oxime groups is 1. The molecule has 0 amide bonds. The number of hydrogen-bond donors (Lipinski definition) is 1. The van der Waals surface area contributed by atoms with E-state index < -0.39 is 18.2 Å². The predicted molar refractivity (Wildman–Crippen MR) is 68.1 cm³/mol. The van der Waals surface area contributed by atoms with Gasteiger partial charge in [-0.3, -0.25) is 0 Å². The van der Waals surface area contributed by atoms with Gasteiger partial charge in [0.25, 0.3) is 0 Å². The molecule has 0 aliphatic carbocycles. The molecule has 4 atom stereocenters. The normalized spacial score (nSPS) is 36.6. The highest BCUT2D eigenvalue weighted by Crippen LogP contribution is 2.38. The average Bonchev–Trinajstić information content (AvgIpc) is 2.72. The van der Waals surface area contributed by atoms with Gasteiger partial charge < -0.3 is 24.2 Å². The number of hydrogen-bond acceptors (Lipinski definition) is 6. The predicted octanol–water partition coefficient (Wildman–Crippen LogP) is 1.67. The second-order valence-electron chi connectivity index (χ2n) is 5.41. The molecule has 0 unspecified atom stereocenters. The summed E-state index contributed by atoms with van der Waals surface area (Å²) in [6.07, 6.45) is 1.64. The topological polar surface area (TPSA) is 69.5 Å². The van der Waals surface area contributed by atoms with Crippen LogP contribution in [-0.4, -0.2) is 48.4 Å². The number of rotatable bonds is 4. The van der Waals surface area contributed by atoms with Gasteiger partial charge in [0.05, 0.1) is 12.8 Å². The van der Waals surface area contributed by atoms with Crippen LogP contribution in [0.15, 0.2) is 16.8 Å². The molecule has 0 saturated carbocycles. The lowest BCUT2D eigenvalue weighted by atomic mass is 10.1. The van der Waals surface area contributed by atoms with Crippen LogP contribution in [0.5, 0.6) is 0 Å². The number of ether oxygens (including phenoxy) is 4. The molecule has 0 spiro atoms. The summed E-state index contributed by atoms with van der Waals surface area (Å²) >= 11 is 0. The van der Waals surface area contributed by atoms with Crippen molar-refractivity contribution in [3.05, 3.63) is 11.6 Å². The third-order valence-electron chi connectivity index (χ3n) is 3.02. The minimum atomic E-state index is -0.686. The van der Waals surface area contributed by atoms with Crippen molar-refractivity contribution in [3.63, 3.8) is 0 Å². The Kier molecular flexibility index (Phi) is 4.25. The SMILES string of the molecule is CC(C)=CCO[C@H]1[C@H]2OC(C)(C)O[C@H]2O[C@H]1/C=N/O. The Morgan fingerprint density at radius 1 is 1.37 bits per heavy atom. The van der Waals surface area contributed by atoms with Crippen molar-refractivity contribution >= 4 is 6.21 Å². The van der Waals surface area contributed by atoms with Crippen molar-refractivity contribution < 1.29 is 24.2 Å². The summed E-state index contributed by atoms with van der Waals surface area (Å²) in [5.74, 6) is -0.686. The number of allylic oxidation sites excluding steroid dienone is 1. The first kappa shape index (κ1) is 14.5. The van der Waals surface area contributed by atoms with E-state index in [2.05, 4.69) is 5.16 Å². The lowest BCUT2D eigenvalue weighted by molar-refractivity contribution is -0.209. The van der Waals surface area contributed by atoms with Crippen LogP contribution >= 0.6 is 0 Å². The lowest BCUT2D eigenvalue weighted by Gasteiger charge is -2.23. The van der Waals surface area contributed by atoms with Crippen molar-refractivity contribution in [2.75, 3.05) is 6.61 Å². The van der Waals surface area contributed by atoms with E-state index in [1.807, 2.05) is 33.8 Å². The molecule has 0 aromatic carbocycles. The number of fused-ring (bicyclic) bond motifs is 1. The standard InChI is InChI=1S/C13H21NO5/c1-8(2)5-6-16-10-9(7-14-15)17-12-11(10)18-13(3,4)19-12/h5,7,9-12,15H,6H2,1-4H3/b14-7+/t9-,10+,11+,12+/m0/s1. The monoisotopic (exact) mass is 271 g/mol. The Morgan fingerprint density at radius 2 is 2.11 bits per heavy atom. The average molecular weight is 271 g/mol. The number of nitrogens with zero attached hydrogens (tertiary/aromatic N) is 1. The fourth-order valence-electron chi connectivity index (χ4n) is 2.21. The van der Waals surface area contributed by atoms with Gasteiger partial charge in [-0.15, -0.1) is 0 Å². The molecule has 2 saturated heterocycles. The van der Waals surface area contributed by atoms with Crippen molar-refractivity contribution in [1.29, 1.82) is 0 Å². The molecule has 2 rings (SSSR count). The maximum Gasteiger partial charge on any atom is 0.190 e. The quantitative estimate of drug-likeness (QED) is 0.364. The zero-order valence-electron chi connectivity index (χ0n) is 11.7. The third-order valence-corrected chi connectivity index (χ3v) is 3.02. The molecule has 0 aromatic heterocycles. The van der Waals surface area contributed by atoms with Gasteiger partial charge in [-0.2, -0.15) is 0 Å². The van der Waals surface area contributed by atoms with E-state index in [0.29, 0.717) is 6.61 Å². The highest BCUT2D eigenvalue weighted by Gasteiger charge is 2.55. The van der Waals surface area contributed by atoms with E-state index in [1.54, 1.807) is 0 Å². The van der Waals surface area contributed by atoms with Crippen LogP contribution in [0, 0.1) is 0 Å². The molecule has 6 heteroatoms. The largest absolute Gasteiger partial charge is 0.411 e. The van der Waals surface area contributed by atoms with Gasteiger partial charge in [0.15, 0.2) is 12.1 Å². The van der Waals surface area contributed by atoms with Crippen LogP contribution in [-0.2, 0) is 18.9 Å². The van der Waals surface area contributed by atoms with E-state index in [0.717, 1.165) is 0 Å². The van der Waals surface area contributed by atoms with Crippen LogP contribution in [0.4, 0.5) is 0 Å². The van der Waals surface area contributed by atoms with Crippen molar-refractivity contribution in [2.24, 2.45) is 5.16 Å². The van der Waals surface area contributed by atoms with Crippen LogP contribution < -0.4 is 0 Å². The van der Waals surface area contributed by atoms with Crippen LogP contribution in [0.25, 0.3) is 0 Å². The van der Waals surface area contributed by atoms with Crippen LogP contribution in [0.3, 0.4) is 0 Å². The Balaban J connectivity index is 2.04. The Bertz CT molecular complexity index is 375. The highest BCUT2D eigenvalue weighted by molar-refractivity contribution is 5.64. The first-order valence-corrected chi connectivity index (χ1v) is 6.36. The molecule has 6 nitrogen and oxygen atoms in total. The van der Waals surface area contributed by atoms with Gasteiger partial charge in [-0.05, 0) is 27.7 Å². The van der Waals surface area contributed by atoms with Gasteiger partial charge in [0.2, 0.25) is 0 Å². The minimum Gasteiger partial charge on any atom is -0.411 e. The maximum absolute atomic E-state index is 8.66. The van der Waals surface area contributed by atoms with Crippen molar-refractivity contribution in [3.8, 4) is 0 Å². The van der Waals surface area contributed by atoms with Crippen molar-refractivity contribution in [1.82, 2.24) is 0 Å². The maximum atomic E-state index is 8.66. The zero-order chi connectivity index (χ0) is 14.0. The summed E-state index contributed by atoms with van der Waals surface area (Å²) < 4.78 is 22.8. The van der Waals surface area contributed by atoms with E-state index >= 15 is 0 Å². The van der Waals surface area contributed by atoms with E-state index in [-0.39, 0.29) is 12.2 Å². The molecule has 19 heavy (non-hydrogen) atoms. The second kappa shape index (κ2) is 5.58. The molecule has 0 aromatic rings. The van der Waals surface area contributed by atoms with Crippen LogP contribution in [0.2, 0.25) is 0 Å². The van der Waals surface area contributed by atoms with Gasteiger partial charge in [0.1, 0.15) is 18.3 Å². The summed E-state index contributed by atoms with van der Waals surface area (Å²) in [7, 11) is 0. The first-order valence-electron chi connectivity index (χ1n) is 6.36. The van der Waals surface area contributed by atoms with Gasteiger partial charge in [-0.1, -0.05) is 16.8 Å². The molecule has 2 aliphatic heterocycles. The van der Waals surface area contributed by atoms with Crippen LogP contribution in [0.1, 0.15) is 27.7 Å². The minimum absolute atomic E-state index is 0.316. The summed E-state index contributed by atoms with van der Waals surface area (Å²) in [4.78, 5) is 0. The second-order valence-corrected chi connectivity index (χ2v) is 5.41. The van der Waals surface area contributed by atoms with E-state index in [1.165, 1.54) is 11.8 Å². The molecule has 2 fully saturated rings.